The monoisotopic (exact) mass is 442 g/mol. The van der Waals surface area contributed by atoms with E-state index in [0.29, 0.717) is 29.8 Å². The van der Waals surface area contributed by atoms with Gasteiger partial charge in [-0.15, -0.1) is 0 Å². The van der Waals surface area contributed by atoms with E-state index in [1.807, 2.05) is 6.92 Å². The lowest BCUT2D eigenvalue weighted by Gasteiger charge is -2.27. The molecule has 2 heterocycles. The average molecular weight is 442 g/mol. The van der Waals surface area contributed by atoms with E-state index in [4.69, 9.17) is 0 Å². The third-order valence-electron chi connectivity index (χ3n) is 5.45. The zero-order valence-electron chi connectivity index (χ0n) is 17.4. The maximum absolute atomic E-state index is 13.9. The molecule has 4 rings (SSSR count). The zero-order chi connectivity index (χ0) is 22.8. The minimum atomic E-state index is -0.798. The first kappa shape index (κ1) is 21.8. The molecule has 0 spiro atoms. The van der Waals surface area contributed by atoms with Gasteiger partial charge in [0, 0.05) is 31.1 Å². The minimum Gasteiger partial charge on any atom is -0.322 e. The van der Waals surface area contributed by atoms with Crippen LogP contribution in [0.4, 0.5) is 18.9 Å². The smallest absolute Gasteiger partial charge is 0.259 e. The summed E-state index contributed by atoms with van der Waals surface area (Å²) in [7, 11) is 0. The van der Waals surface area contributed by atoms with E-state index in [-0.39, 0.29) is 17.1 Å². The van der Waals surface area contributed by atoms with E-state index in [2.05, 4.69) is 15.2 Å². The number of carbonyl (C=O) groups is 1. The number of benzene rings is 2. The van der Waals surface area contributed by atoms with Gasteiger partial charge < -0.3 is 5.32 Å². The van der Waals surface area contributed by atoms with Crippen molar-refractivity contribution in [3.05, 3.63) is 81.5 Å². The molecule has 1 aromatic heterocycles. The van der Waals surface area contributed by atoms with E-state index in [1.54, 1.807) is 0 Å². The number of fused-ring (bicyclic) bond motifs is 1. The molecule has 0 fully saturated rings. The lowest BCUT2D eigenvalue weighted by Crippen LogP contribution is -2.39. The first-order valence-corrected chi connectivity index (χ1v) is 10.2. The number of aromatic nitrogens is 2. The lowest BCUT2D eigenvalue weighted by atomic mass is 10.1. The molecule has 3 aromatic rings. The first-order chi connectivity index (χ1) is 15.4. The van der Waals surface area contributed by atoms with Gasteiger partial charge in [0.05, 0.1) is 16.9 Å². The van der Waals surface area contributed by atoms with E-state index in [1.165, 1.54) is 28.8 Å². The molecule has 0 atom stereocenters. The van der Waals surface area contributed by atoms with Crippen molar-refractivity contribution >= 4 is 11.6 Å². The van der Waals surface area contributed by atoms with Gasteiger partial charge in [-0.1, -0.05) is 6.92 Å². The number of likely N-dealkylation sites (N-methyl/N-ethyl adjacent to an activating group) is 1. The standard InChI is InChI=1S/C23H21F3N4O2/c1-2-29-10-9-19-17(12-29)23(32)30(22(28-19)14-3-5-15(24)6-4-14)13-21(31)27-20-11-16(25)7-8-18(20)26/h3-8,11H,2,9-10,12-13H2,1H3,(H,27,31). The van der Waals surface area contributed by atoms with Crippen LogP contribution in [0.3, 0.4) is 0 Å². The highest BCUT2D eigenvalue weighted by molar-refractivity contribution is 5.91. The minimum absolute atomic E-state index is 0.216. The third-order valence-corrected chi connectivity index (χ3v) is 5.45. The Labute approximate surface area is 182 Å². The average Bonchev–Trinajstić information content (AvgIpc) is 2.78. The summed E-state index contributed by atoms with van der Waals surface area (Å²) in [6.07, 6.45) is 0.578. The van der Waals surface area contributed by atoms with Crippen molar-refractivity contribution in [2.45, 2.75) is 26.4 Å². The topological polar surface area (TPSA) is 67.2 Å². The van der Waals surface area contributed by atoms with Crippen molar-refractivity contribution in [2.24, 2.45) is 0 Å². The Morgan fingerprint density at radius 2 is 1.81 bits per heavy atom. The molecule has 0 saturated carbocycles. The van der Waals surface area contributed by atoms with Gasteiger partial charge in [-0.25, -0.2) is 18.2 Å². The fourth-order valence-electron chi connectivity index (χ4n) is 3.73. The molecule has 1 amide bonds. The number of rotatable bonds is 5. The van der Waals surface area contributed by atoms with Crippen LogP contribution in [0.25, 0.3) is 11.4 Å². The third kappa shape index (κ3) is 4.43. The molecule has 1 aliphatic rings. The lowest BCUT2D eigenvalue weighted by molar-refractivity contribution is -0.116. The molecule has 0 unspecified atom stereocenters. The number of amides is 1. The molecule has 9 heteroatoms. The quantitative estimate of drug-likeness (QED) is 0.658. The van der Waals surface area contributed by atoms with Crippen molar-refractivity contribution in [3.63, 3.8) is 0 Å². The molecular weight excluding hydrogens is 421 g/mol. The normalized spacial score (nSPS) is 13.6. The number of hydrogen-bond acceptors (Lipinski definition) is 4. The number of anilines is 1. The molecule has 2 aromatic carbocycles. The van der Waals surface area contributed by atoms with Crippen molar-refractivity contribution in [1.82, 2.24) is 14.5 Å². The van der Waals surface area contributed by atoms with Gasteiger partial charge in [-0.05, 0) is 42.9 Å². The van der Waals surface area contributed by atoms with Gasteiger partial charge in [0.15, 0.2) is 0 Å². The van der Waals surface area contributed by atoms with Crippen LogP contribution in [0.2, 0.25) is 0 Å². The van der Waals surface area contributed by atoms with Crippen LogP contribution in [0.15, 0.2) is 47.3 Å². The predicted octanol–water partition coefficient (Wildman–Crippen LogP) is 3.34. The number of halogens is 3. The highest BCUT2D eigenvalue weighted by atomic mass is 19.1. The van der Waals surface area contributed by atoms with Crippen LogP contribution < -0.4 is 10.9 Å². The van der Waals surface area contributed by atoms with Gasteiger partial charge >= 0.3 is 0 Å². The summed E-state index contributed by atoms with van der Waals surface area (Å²) in [6, 6.07) is 8.15. The van der Waals surface area contributed by atoms with Gasteiger partial charge in [0.1, 0.15) is 29.8 Å². The summed E-state index contributed by atoms with van der Waals surface area (Å²) in [6.45, 7) is 3.44. The van der Waals surface area contributed by atoms with Gasteiger partial charge in [-0.2, -0.15) is 0 Å². The van der Waals surface area contributed by atoms with E-state index < -0.39 is 29.9 Å². The molecule has 6 nitrogen and oxygen atoms in total. The Balaban J connectivity index is 1.75. The summed E-state index contributed by atoms with van der Waals surface area (Å²) in [5.41, 5.74) is 0.895. The zero-order valence-corrected chi connectivity index (χ0v) is 17.4. The van der Waals surface area contributed by atoms with E-state index >= 15 is 0 Å². The van der Waals surface area contributed by atoms with Crippen LogP contribution in [-0.4, -0.2) is 33.4 Å². The molecular formula is C23H21F3N4O2. The fourth-order valence-corrected chi connectivity index (χ4v) is 3.73. The van der Waals surface area contributed by atoms with Crippen LogP contribution in [0.1, 0.15) is 18.2 Å². The second kappa shape index (κ2) is 8.96. The largest absolute Gasteiger partial charge is 0.322 e. The van der Waals surface area contributed by atoms with Crippen LogP contribution >= 0.6 is 0 Å². The Bertz CT molecular complexity index is 1230. The number of nitrogens with one attached hydrogen (secondary N) is 1. The van der Waals surface area contributed by atoms with Crippen molar-refractivity contribution < 1.29 is 18.0 Å². The fraction of sp³-hybridized carbons (Fsp3) is 0.261. The van der Waals surface area contributed by atoms with Crippen LogP contribution in [0, 0.1) is 17.5 Å². The SMILES string of the molecule is CCN1CCc2nc(-c3ccc(F)cc3)n(CC(=O)Nc3cc(F)ccc3F)c(=O)c2C1. The molecule has 0 radical (unpaired) electrons. The highest BCUT2D eigenvalue weighted by Crippen LogP contribution is 2.22. The molecule has 1 N–H and O–H groups in total. The number of nitrogens with zero attached hydrogens (tertiary/aromatic N) is 3. The first-order valence-electron chi connectivity index (χ1n) is 10.2. The van der Waals surface area contributed by atoms with E-state index in [9.17, 15) is 22.8 Å². The maximum atomic E-state index is 13.9. The number of hydrogen-bond donors (Lipinski definition) is 1. The summed E-state index contributed by atoms with van der Waals surface area (Å²) in [4.78, 5) is 32.7. The molecule has 0 bridgehead atoms. The Hall–Kier alpha value is -3.46. The summed E-state index contributed by atoms with van der Waals surface area (Å²) < 4.78 is 42.0. The maximum Gasteiger partial charge on any atom is 0.259 e. The van der Waals surface area contributed by atoms with Gasteiger partial charge in [-0.3, -0.25) is 19.1 Å². The van der Waals surface area contributed by atoms with Gasteiger partial charge in [0.25, 0.3) is 5.56 Å². The second-order valence-electron chi connectivity index (χ2n) is 7.55. The van der Waals surface area contributed by atoms with Crippen LogP contribution in [-0.2, 0) is 24.3 Å². The molecule has 0 saturated heterocycles. The molecule has 166 valence electrons. The second-order valence-corrected chi connectivity index (χ2v) is 7.55. The Morgan fingerprint density at radius 1 is 1.09 bits per heavy atom. The Kier molecular flexibility index (Phi) is 6.09. The van der Waals surface area contributed by atoms with E-state index in [0.717, 1.165) is 31.3 Å². The van der Waals surface area contributed by atoms with Crippen molar-refractivity contribution in [2.75, 3.05) is 18.4 Å². The summed E-state index contributed by atoms with van der Waals surface area (Å²) >= 11 is 0. The molecule has 32 heavy (non-hydrogen) atoms. The van der Waals surface area contributed by atoms with Crippen molar-refractivity contribution in [1.29, 1.82) is 0 Å². The summed E-state index contributed by atoms with van der Waals surface area (Å²) in [5.74, 6) is -2.45. The van der Waals surface area contributed by atoms with Crippen LogP contribution in [0.5, 0.6) is 0 Å². The number of carbonyl (C=O) groups excluding carboxylic acids is 1. The highest BCUT2D eigenvalue weighted by Gasteiger charge is 2.24. The molecule has 1 aliphatic heterocycles. The predicted molar refractivity (Wildman–Crippen MR) is 114 cm³/mol. The summed E-state index contributed by atoms with van der Waals surface area (Å²) in [5, 5.41) is 2.30. The van der Waals surface area contributed by atoms with Crippen molar-refractivity contribution in [3.8, 4) is 11.4 Å². The Morgan fingerprint density at radius 3 is 2.53 bits per heavy atom. The van der Waals surface area contributed by atoms with Gasteiger partial charge in [0.2, 0.25) is 5.91 Å². The molecule has 0 aliphatic carbocycles.